The van der Waals surface area contributed by atoms with Crippen LogP contribution in [0.3, 0.4) is 0 Å². The number of ether oxygens (including phenoxy) is 2. The van der Waals surface area contributed by atoms with Crippen LogP contribution in [0.5, 0.6) is 23.0 Å². The minimum absolute atomic E-state index is 0.328. The molecule has 1 aliphatic rings. The summed E-state index contributed by atoms with van der Waals surface area (Å²) in [6.07, 6.45) is 0. The third-order valence-corrected chi connectivity index (χ3v) is 7.99. The first-order chi connectivity index (χ1) is 22.7. The fourth-order valence-corrected chi connectivity index (χ4v) is 5.98. The normalized spacial score (nSPS) is 11.6. The Morgan fingerprint density at radius 2 is 0.674 bits per heavy atom. The predicted octanol–water partition coefficient (Wildman–Crippen LogP) is 12.0. The lowest BCUT2D eigenvalue weighted by Gasteiger charge is -2.35. The first kappa shape index (κ1) is 27.4. The Bertz CT molecular complexity index is 2020. The van der Waals surface area contributed by atoms with Gasteiger partial charge in [-0.2, -0.15) is 0 Å². The Hall–Kier alpha value is -6.14. The molecule has 8 rings (SSSR count). The highest BCUT2D eigenvalue weighted by Crippen LogP contribution is 2.61. The second kappa shape index (κ2) is 11.4. The number of anilines is 6. The Morgan fingerprint density at radius 1 is 0.348 bits per heavy atom. The molecule has 7 aromatic carbocycles. The van der Waals surface area contributed by atoms with Crippen LogP contribution in [0, 0.1) is 11.6 Å². The number of rotatable bonds is 6. The van der Waals surface area contributed by atoms with Crippen LogP contribution in [0.25, 0.3) is 10.8 Å². The first-order valence-corrected chi connectivity index (χ1v) is 14.9. The minimum Gasteiger partial charge on any atom is -0.447 e. The second-order valence-electron chi connectivity index (χ2n) is 10.8. The Morgan fingerprint density at radius 3 is 1.07 bits per heavy atom. The molecule has 0 saturated heterocycles. The van der Waals surface area contributed by atoms with Crippen molar-refractivity contribution < 1.29 is 18.3 Å². The van der Waals surface area contributed by atoms with Crippen LogP contribution in [-0.4, -0.2) is 0 Å². The maximum atomic E-state index is 14.2. The smallest absolute Gasteiger partial charge is 0.196 e. The predicted molar refractivity (Wildman–Crippen MR) is 180 cm³/mol. The van der Waals surface area contributed by atoms with Crippen LogP contribution in [0.2, 0.25) is 0 Å². The van der Waals surface area contributed by atoms with Crippen molar-refractivity contribution in [1.82, 2.24) is 0 Å². The number of halogens is 2. The number of para-hydroxylation sites is 4. The van der Waals surface area contributed by atoms with E-state index in [9.17, 15) is 8.78 Å². The minimum atomic E-state index is -0.328. The summed E-state index contributed by atoms with van der Waals surface area (Å²) >= 11 is 0. The van der Waals surface area contributed by atoms with Gasteiger partial charge in [0.05, 0.1) is 0 Å². The van der Waals surface area contributed by atoms with Crippen LogP contribution in [0.4, 0.5) is 42.9 Å². The zero-order chi connectivity index (χ0) is 31.0. The molecule has 0 spiro atoms. The molecule has 46 heavy (non-hydrogen) atoms. The van der Waals surface area contributed by atoms with Crippen LogP contribution in [-0.2, 0) is 0 Å². The van der Waals surface area contributed by atoms with E-state index in [0.717, 1.165) is 44.9 Å². The summed E-state index contributed by atoms with van der Waals surface area (Å²) in [6, 6.07) is 48.2. The van der Waals surface area contributed by atoms with Gasteiger partial charge < -0.3 is 19.3 Å². The van der Waals surface area contributed by atoms with E-state index in [1.807, 2.05) is 109 Å². The van der Waals surface area contributed by atoms with Gasteiger partial charge in [-0.25, -0.2) is 8.78 Å². The summed E-state index contributed by atoms with van der Waals surface area (Å²) in [6.45, 7) is 0. The summed E-state index contributed by atoms with van der Waals surface area (Å²) in [7, 11) is 0. The average Bonchev–Trinajstić information content (AvgIpc) is 3.11. The van der Waals surface area contributed by atoms with Gasteiger partial charge in [0, 0.05) is 33.5 Å². The number of benzene rings is 7. The van der Waals surface area contributed by atoms with Gasteiger partial charge in [-0.05, 0) is 84.9 Å². The molecule has 0 atom stereocenters. The van der Waals surface area contributed by atoms with E-state index in [1.165, 1.54) is 24.3 Å². The molecule has 0 N–H and O–H groups in total. The topological polar surface area (TPSA) is 24.9 Å². The summed E-state index contributed by atoms with van der Waals surface area (Å²) in [5.74, 6) is 1.46. The molecule has 0 saturated carbocycles. The molecule has 6 heteroatoms. The van der Waals surface area contributed by atoms with Crippen molar-refractivity contribution in [2.45, 2.75) is 0 Å². The lowest BCUT2D eigenvalue weighted by Crippen LogP contribution is -2.17. The summed E-state index contributed by atoms with van der Waals surface area (Å²) in [4.78, 5) is 4.12. The molecule has 4 nitrogen and oxygen atoms in total. The van der Waals surface area contributed by atoms with Crippen molar-refractivity contribution in [3.8, 4) is 23.0 Å². The van der Waals surface area contributed by atoms with E-state index >= 15 is 0 Å². The fraction of sp³-hybridized carbons (Fsp3) is 0. The Balaban J connectivity index is 1.50. The van der Waals surface area contributed by atoms with E-state index < -0.39 is 0 Å². The van der Waals surface area contributed by atoms with Crippen molar-refractivity contribution in [2.24, 2.45) is 0 Å². The fourth-order valence-electron chi connectivity index (χ4n) is 5.98. The van der Waals surface area contributed by atoms with Crippen LogP contribution in [0.1, 0.15) is 0 Å². The number of hydrogen-bond acceptors (Lipinski definition) is 4. The van der Waals surface area contributed by atoms with Gasteiger partial charge in [-0.15, -0.1) is 0 Å². The number of nitrogens with zero attached hydrogens (tertiary/aromatic N) is 2. The van der Waals surface area contributed by atoms with Crippen LogP contribution >= 0.6 is 0 Å². The summed E-state index contributed by atoms with van der Waals surface area (Å²) in [5, 5.41) is 1.74. The van der Waals surface area contributed by atoms with Gasteiger partial charge in [0.2, 0.25) is 0 Å². The first-order valence-electron chi connectivity index (χ1n) is 14.9. The van der Waals surface area contributed by atoms with Crippen molar-refractivity contribution in [3.63, 3.8) is 0 Å². The van der Waals surface area contributed by atoms with Crippen LogP contribution < -0.4 is 19.3 Å². The molecular weight excluding hydrogens is 578 g/mol. The molecule has 0 unspecified atom stereocenters. The Labute approximate surface area is 264 Å². The molecule has 0 fully saturated rings. The van der Waals surface area contributed by atoms with E-state index in [0.29, 0.717) is 23.0 Å². The largest absolute Gasteiger partial charge is 0.447 e. The van der Waals surface area contributed by atoms with Crippen molar-refractivity contribution in [2.75, 3.05) is 9.80 Å². The SMILES string of the molecule is Fc1ccc(N(c2ccccc2)c2c3c(c(N(c4ccccc4)c4ccc(F)cc4)c4ccccc24)Oc2ccccc2O3)cc1. The third-order valence-electron chi connectivity index (χ3n) is 7.99. The number of hydrogen-bond donors (Lipinski definition) is 0. The van der Waals surface area contributed by atoms with Crippen molar-refractivity contribution in [1.29, 1.82) is 0 Å². The highest BCUT2D eigenvalue weighted by molar-refractivity contribution is 6.13. The zero-order valence-electron chi connectivity index (χ0n) is 24.5. The quantitative estimate of drug-likeness (QED) is 0.176. The van der Waals surface area contributed by atoms with Gasteiger partial charge in [0.15, 0.2) is 23.0 Å². The monoisotopic (exact) mass is 604 g/mol. The molecule has 1 heterocycles. The summed E-state index contributed by atoms with van der Waals surface area (Å²) < 4.78 is 42.1. The maximum Gasteiger partial charge on any atom is 0.196 e. The molecule has 0 aromatic heterocycles. The molecule has 0 radical (unpaired) electrons. The lowest BCUT2D eigenvalue weighted by atomic mass is 10.00. The number of fused-ring (bicyclic) bond motifs is 3. The molecule has 0 aliphatic carbocycles. The molecular formula is C40H26F2N2O2. The highest BCUT2D eigenvalue weighted by atomic mass is 19.1. The van der Waals surface area contributed by atoms with Gasteiger partial charge in [0.25, 0.3) is 0 Å². The molecule has 222 valence electrons. The van der Waals surface area contributed by atoms with E-state index in [-0.39, 0.29) is 11.6 Å². The van der Waals surface area contributed by atoms with Gasteiger partial charge in [-0.1, -0.05) is 72.8 Å². The van der Waals surface area contributed by atoms with E-state index in [1.54, 1.807) is 24.3 Å². The van der Waals surface area contributed by atoms with E-state index in [2.05, 4.69) is 9.80 Å². The van der Waals surface area contributed by atoms with Gasteiger partial charge >= 0.3 is 0 Å². The third kappa shape index (κ3) is 4.77. The maximum absolute atomic E-state index is 14.2. The standard InChI is InChI=1S/C40H26F2N2O2/c41-27-19-23-31(24-20-27)43(29-11-3-1-4-12-29)37-33-15-7-8-16-34(33)38(40-39(37)45-35-17-9-10-18-36(35)46-40)44(30-13-5-2-6-14-30)32-25-21-28(42)22-26-32/h1-26H. The Kier molecular flexibility index (Phi) is 6.80. The van der Waals surface area contributed by atoms with Crippen LogP contribution in [0.15, 0.2) is 158 Å². The van der Waals surface area contributed by atoms with Gasteiger partial charge in [-0.3, -0.25) is 0 Å². The molecule has 0 amide bonds. The average molecular weight is 605 g/mol. The second-order valence-corrected chi connectivity index (χ2v) is 10.8. The zero-order valence-corrected chi connectivity index (χ0v) is 24.5. The van der Waals surface area contributed by atoms with E-state index in [4.69, 9.17) is 9.47 Å². The molecule has 7 aromatic rings. The molecule has 1 aliphatic heterocycles. The van der Waals surface area contributed by atoms with Gasteiger partial charge in [0.1, 0.15) is 23.0 Å². The van der Waals surface area contributed by atoms with Crippen molar-refractivity contribution >= 4 is 44.9 Å². The summed E-state index contributed by atoms with van der Waals surface area (Å²) in [5.41, 5.74) is 4.66. The molecule has 0 bridgehead atoms. The lowest BCUT2D eigenvalue weighted by molar-refractivity contribution is 0.362. The highest BCUT2D eigenvalue weighted by Gasteiger charge is 2.34. The van der Waals surface area contributed by atoms with Crippen molar-refractivity contribution in [3.05, 3.63) is 169 Å².